The topological polar surface area (TPSA) is 70.2 Å². The second-order valence-corrected chi connectivity index (χ2v) is 7.83. The Kier molecular flexibility index (Phi) is 8.79. The second kappa shape index (κ2) is 11.1. The Morgan fingerprint density at radius 1 is 0.963 bits per heavy atom. The molecule has 1 saturated carbocycles. The van der Waals surface area contributed by atoms with Gasteiger partial charge in [-0.2, -0.15) is 0 Å². The molecule has 1 atom stereocenters. The van der Waals surface area contributed by atoms with Crippen LogP contribution >= 0.6 is 0 Å². The minimum Gasteiger partial charge on any atom is -0.355 e. The van der Waals surface area contributed by atoms with Gasteiger partial charge in [0, 0.05) is 12.6 Å². The van der Waals surface area contributed by atoms with E-state index in [-0.39, 0.29) is 30.9 Å². The lowest BCUT2D eigenvalue weighted by molar-refractivity contribution is -0.125. The van der Waals surface area contributed by atoms with Crippen molar-refractivity contribution < 1.29 is 9.59 Å². The molecular weight excluding hydrogens is 338 g/mol. The van der Waals surface area contributed by atoms with Crippen molar-refractivity contribution in [1.82, 2.24) is 16.0 Å². The van der Waals surface area contributed by atoms with Crippen LogP contribution in [0.25, 0.3) is 0 Å². The summed E-state index contributed by atoms with van der Waals surface area (Å²) in [5, 5.41) is 8.67. The van der Waals surface area contributed by atoms with Gasteiger partial charge in [0.25, 0.3) is 0 Å². The second-order valence-electron chi connectivity index (χ2n) is 7.83. The number of benzene rings is 1. The van der Waals surface area contributed by atoms with Gasteiger partial charge in [0.1, 0.15) is 0 Å². The first kappa shape index (κ1) is 21.4. The van der Waals surface area contributed by atoms with Gasteiger partial charge in [0.05, 0.1) is 13.1 Å². The maximum Gasteiger partial charge on any atom is 0.239 e. The van der Waals surface area contributed by atoms with E-state index < -0.39 is 0 Å². The number of nitrogens with one attached hydrogen (secondary N) is 3. The van der Waals surface area contributed by atoms with E-state index in [1.165, 1.54) is 43.2 Å². The molecule has 1 aromatic rings. The monoisotopic (exact) mass is 373 g/mol. The molecule has 0 radical (unpaired) electrons. The third kappa shape index (κ3) is 6.98. The van der Waals surface area contributed by atoms with Crippen LogP contribution in [0.3, 0.4) is 0 Å². The van der Waals surface area contributed by atoms with Crippen molar-refractivity contribution in [3.63, 3.8) is 0 Å². The Morgan fingerprint density at radius 2 is 1.59 bits per heavy atom. The highest BCUT2D eigenvalue weighted by Crippen LogP contribution is 2.33. The van der Waals surface area contributed by atoms with Crippen LogP contribution in [0.15, 0.2) is 24.3 Å². The number of amides is 2. The maximum atomic E-state index is 12.0. The average Bonchev–Trinajstić information content (AvgIpc) is 2.68. The zero-order valence-corrected chi connectivity index (χ0v) is 17.0. The van der Waals surface area contributed by atoms with Crippen molar-refractivity contribution in [1.29, 1.82) is 0 Å². The predicted octanol–water partition coefficient (Wildman–Crippen LogP) is 3.27. The Morgan fingerprint density at radius 3 is 2.19 bits per heavy atom. The van der Waals surface area contributed by atoms with E-state index in [0.29, 0.717) is 18.4 Å². The lowest BCUT2D eigenvalue weighted by Gasteiger charge is -2.25. The molecule has 1 aromatic carbocycles. The van der Waals surface area contributed by atoms with Crippen LogP contribution in [0.5, 0.6) is 0 Å². The first-order valence-electron chi connectivity index (χ1n) is 10.4. The van der Waals surface area contributed by atoms with Gasteiger partial charge in [-0.1, -0.05) is 57.4 Å². The van der Waals surface area contributed by atoms with Gasteiger partial charge < -0.3 is 16.0 Å². The lowest BCUT2D eigenvalue weighted by atomic mass is 9.83. The van der Waals surface area contributed by atoms with Crippen molar-refractivity contribution in [2.24, 2.45) is 5.92 Å². The summed E-state index contributed by atoms with van der Waals surface area (Å²) < 4.78 is 0. The van der Waals surface area contributed by atoms with E-state index in [1.54, 1.807) is 0 Å². The molecule has 1 aliphatic rings. The molecule has 1 aliphatic carbocycles. The zero-order chi connectivity index (χ0) is 19.6. The summed E-state index contributed by atoms with van der Waals surface area (Å²) >= 11 is 0. The van der Waals surface area contributed by atoms with Crippen molar-refractivity contribution in [2.45, 2.75) is 64.8 Å². The Balaban J connectivity index is 1.88. The lowest BCUT2D eigenvalue weighted by Crippen LogP contribution is -2.42. The minimum absolute atomic E-state index is 0.0246. The summed E-state index contributed by atoms with van der Waals surface area (Å²) in [6, 6.07) is 9.04. The molecule has 3 N–H and O–H groups in total. The van der Waals surface area contributed by atoms with Gasteiger partial charge in [0.15, 0.2) is 0 Å². The van der Waals surface area contributed by atoms with Crippen LogP contribution in [0.1, 0.15) is 76.0 Å². The summed E-state index contributed by atoms with van der Waals surface area (Å²) in [6.07, 6.45) is 6.66. The highest BCUT2D eigenvalue weighted by atomic mass is 16.2. The number of hydrogen-bond acceptors (Lipinski definition) is 3. The van der Waals surface area contributed by atoms with Crippen molar-refractivity contribution in [2.75, 3.05) is 19.6 Å². The van der Waals surface area contributed by atoms with E-state index >= 15 is 0 Å². The van der Waals surface area contributed by atoms with E-state index in [1.807, 2.05) is 6.92 Å². The third-order valence-electron chi connectivity index (χ3n) is 5.34. The molecular formula is C22H35N3O2. The number of carbonyl (C=O) groups is 2. The van der Waals surface area contributed by atoms with Crippen LogP contribution < -0.4 is 16.0 Å². The number of carbonyl (C=O) groups excluding carboxylic acids is 2. The number of hydrogen-bond donors (Lipinski definition) is 3. The third-order valence-corrected chi connectivity index (χ3v) is 5.34. The summed E-state index contributed by atoms with van der Waals surface area (Å²) in [5.41, 5.74) is 2.65. The van der Waals surface area contributed by atoms with Crippen LogP contribution in [0.4, 0.5) is 0 Å². The molecule has 150 valence electrons. The normalized spacial score (nSPS) is 16.1. The van der Waals surface area contributed by atoms with Crippen LogP contribution in [0.2, 0.25) is 0 Å². The van der Waals surface area contributed by atoms with Gasteiger partial charge in [-0.05, 0) is 42.7 Å². The van der Waals surface area contributed by atoms with E-state index in [2.05, 4.69) is 54.1 Å². The maximum absolute atomic E-state index is 12.0. The molecule has 0 aliphatic heterocycles. The molecule has 0 spiro atoms. The summed E-state index contributed by atoms with van der Waals surface area (Å²) in [5.74, 6) is 0.746. The fourth-order valence-electron chi connectivity index (χ4n) is 3.85. The molecule has 0 saturated heterocycles. The number of likely N-dealkylation sites (N-methyl/N-ethyl adjacent to an activating group) is 1. The van der Waals surface area contributed by atoms with Gasteiger partial charge in [-0.3, -0.25) is 9.59 Å². The van der Waals surface area contributed by atoms with E-state index in [4.69, 9.17) is 0 Å². The quantitative estimate of drug-likeness (QED) is 0.622. The van der Waals surface area contributed by atoms with E-state index in [9.17, 15) is 9.59 Å². The Labute approximate surface area is 163 Å². The molecule has 2 amide bonds. The first-order valence-corrected chi connectivity index (χ1v) is 10.4. The Hall–Kier alpha value is -1.88. The molecule has 0 unspecified atom stereocenters. The van der Waals surface area contributed by atoms with Crippen molar-refractivity contribution in [3.8, 4) is 0 Å². The van der Waals surface area contributed by atoms with Crippen molar-refractivity contribution >= 4 is 11.8 Å². The molecule has 0 heterocycles. The summed E-state index contributed by atoms with van der Waals surface area (Å²) in [6.45, 7) is 6.95. The highest BCUT2D eigenvalue weighted by molar-refractivity contribution is 5.85. The average molecular weight is 374 g/mol. The zero-order valence-electron chi connectivity index (χ0n) is 17.0. The van der Waals surface area contributed by atoms with Crippen LogP contribution in [-0.2, 0) is 9.59 Å². The minimum atomic E-state index is -0.162. The molecule has 27 heavy (non-hydrogen) atoms. The van der Waals surface area contributed by atoms with Crippen LogP contribution in [0, 0.1) is 5.92 Å². The van der Waals surface area contributed by atoms with Gasteiger partial charge >= 0.3 is 0 Å². The summed E-state index contributed by atoms with van der Waals surface area (Å²) in [4.78, 5) is 23.4. The standard InChI is InChI=1S/C22H35N3O2/c1-4-23-20(26)14-24-21(27)15-25-22(16(2)3)19-12-10-18(11-13-19)17-8-6-5-7-9-17/h10-13,16-17,22,25H,4-9,14-15H2,1-3H3,(H,23,26)(H,24,27)/t22-/m1/s1. The molecule has 5 nitrogen and oxygen atoms in total. The SMILES string of the molecule is CCNC(=O)CNC(=O)CN[C@@H](c1ccc(C2CCCCC2)cc1)C(C)C. The number of rotatable bonds is 9. The molecule has 5 heteroatoms. The smallest absolute Gasteiger partial charge is 0.239 e. The molecule has 0 aromatic heterocycles. The van der Waals surface area contributed by atoms with Crippen molar-refractivity contribution in [3.05, 3.63) is 35.4 Å². The fourth-order valence-corrected chi connectivity index (χ4v) is 3.85. The van der Waals surface area contributed by atoms with Crippen LogP contribution in [-0.4, -0.2) is 31.4 Å². The molecule has 0 bridgehead atoms. The fraction of sp³-hybridized carbons (Fsp3) is 0.636. The largest absolute Gasteiger partial charge is 0.355 e. The molecule has 2 rings (SSSR count). The summed E-state index contributed by atoms with van der Waals surface area (Å²) in [7, 11) is 0. The Bertz CT molecular complexity index is 592. The van der Waals surface area contributed by atoms with Gasteiger partial charge in [0.2, 0.25) is 11.8 Å². The first-order chi connectivity index (χ1) is 13.0. The highest BCUT2D eigenvalue weighted by Gasteiger charge is 2.19. The van der Waals surface area contributed by atoms with E-state index in [0.717, 1.165) is 0 Å². The molecule has 1 fully saturated rings. The van der Waals surface area contributed by atoms with Gasteiger partial charge in [-0.25, -0.2) is 0 Å². The van der Waals surface area contributed by atoms with Gasteiger partial charge in [-0.15, -0.1) is 0 Å². The predicted molar refractivity (Wildman–Crippen MR) is 110 cm³/mol.